The Bertz CT molecular complexity index is 513. The van der Waals surface area contributed by atoms with Crippen LogP contribution in [0.5, 0.6) is 5.75 Å². The van der Waals surface area contributed by atoms with E-state index in [1.54, 1.807) is 19.5 Å². The van der Waals surface area contributed by atoms with Crippen LogP contribution in [-0.2, 0) is 6.42 Å². The van der Waals surface area contributed by atoms with Gasteiger partial charge in [0.1, 0.15) is 17.4 Å². The fourth-order valence-corrected chi connectivity index (χ4v) is 1.70. The van der Waals surface area contributed by atoms with E-state index in [9.17, 15) is 0 Å². The molecule has 1 aromatic heterocycles. The Hall–Kier alpha value is -2.30. The minimum atomic E-state index is 0.759. The van der Waals surface area contributed by atoms with Crippen LogP contribution >= 0.6 is 0 Å². The van der Waals surface area contributed by atoms with Gasteiger partial charge < -0.3 is 15.4 Å². The Kier molecular flexibility index (Phi) is 4.55. The zero-order valence-corrected chi connectivity index (χ0v) is 11.2. The van der Waals surface area contributed by atoms with Crippen LogP contribution in [0.2, 0.25) is 0 Å². The highest BCUT2D eigenvalue weighted by atomic mass is 16.5. The lowest BCUT2D eigenvalue weighted by atomic mass is 10.1. The Labute approximate surface area is 113 Å². The molecule has 0 bridgehead atoms. The van der Waals surface area contributed by atoms with Gasteiger partial charge in [0.2, 0.25) is 0 Å². The molecular formula is C14H18N4O. The zero-order valence-electron chi connectivity index (χ0n) is 11.2. The van der Waals surface area contributed by atoms with Gasteiger partial charge in [-0.05, 0) is 24.1 Å². The lowest BCUT2D eigenvalue weighted by molar-refractivity contribution is 0.414. The van der Waals surface area contributed by atoms with Gasteiger partial charge in [-0.15, -0.1) is 0 Å². The number of hydrogen-bond donors (Lipinski definition) is 2. The number of nitrogens with zero attached hydrogens (tertiary/aromatic N) is 2. The Morgan fingerprint density at radius 1 is 1.11 bits per heavy atom. The van der Waals surface area contributed by atoms with Gasteiger partial charge in [-0.25, -0.2) is 4.98 Å². The molecule has 0 spiro atoms. The summed E-state index contributed by atoms with van der Waals surface area (Å²) in [5.41, 5.74) is 1.26. The van der Waals surface area contributed by atoms with E-state index in [1.165, 1.54) is 5.56 Å². The topological polar surface area (TPSA) is 59.1 Å². The van der Waals surface area contributed by atoms with E-state index in [-0.39, 0.29) is 0 Å². The van der Waals surface area contributed by atoms with E-state index in [0.29, 0.717) is 0 Å². The highest BCUT2D eigenvalue weighted by Gasteiger charge is 1.98. The first-order chi connectivity index (χ1) is 9.31. The van der Waals surface area contributed by atoms with Gasteiger partial charge in [0.05, 0.1) is 19.5 Å². The van der Waals surface area contributed by atoms with Crippen molar-refractivity contribution in [1.29, 1.82) is 0 Å². The molecule has 0 amide bonds. The molecule has 2 N–H and O–H groups in total. The standard InChI is InChI=1S/C14H18N4O/c1-15-13-9-16-10-14(18-13)17-8-7-11-3-5-12(19-2)6-4-11/h3-6,9-10H,7-8H2,1-2H3,(H2,15,17,18). The number of anilines is 2. The minimum absolute atomic E-state index is 0.759. The summed E-state index contributed by atoms with van der Waals surface area (Å²) in [6.45, 7) is 0.814. The number of methoxy groups -OCH3 is 1. The van der Waals surface area contributed by atoms with Crippen molar-refractivity contribution < 1.29 is 4.74 Å². The van der Waals surface area contributed by atoms with E-state index in [0.717, 1.165) is 30.4 Å². The van der Waals surface area contributed by atoms with Gasteiger partial charge in [-0.3, -0.25) is 4.98 Å². The smallest absolute Gasteiger partial charge is 0.146 e. The first-order valence-electron chi connectivity index (χ1n) is 6.18. The van der Waals surface area contributed by atoms with E-state index < -0.39 is 0 Å². The molecule has 2 rings (SSSR count). The normalized spacial score (nSPS) is 10.0. The van der Waals surface area contributed by atoms with Crippen molar-refractivity contribution in [2.45, 2.75) is 6.42 Å². The van der Waals surface area contributed by atoms with Crippen molar-refractivity contribution in [3.8, 4) is 5.75 Å². The van der Waals surface area contributed by atoms with Crippen LogP contribution < -0.4 is 15.4 Å². The second-order valence-corrected chi connectivity index (χ2v) is 4.06. The third-order valence-electron chi connectivity index (χ3n) is 2.77. The first kappa shape index (κ1) is 13.1. The number of hydrogen-bond acceptors (Lipinski definition) is 5. The zero-order chi connectivity index (χ0) is 13.5. The molecule has 0 unspecified atom stereocenters. The number of nitrogens with one attached hydrogen (secondary N) is 2. The first-order valence-corrected chi connectivity index (χ1v) is 6.18. The summed E-state index contributed by atoms with van der Waals surface area (Å²) < 4.78 is 5.13. The van der Waals surface area contributed by atoms with Crippen molar-refractivity contribution in [3.05, 3.63) is 42.2 Å². The van der Waals surface area contributed by atoms with Crippen LogP contribution in [0.4, 0.5) is 11.6 Å². The third-order valence-corrected chi connectivity index (χ3v) is 2.77. The molecule has 5 nitrogen and oxygen atoms in total. The van der Waals surface area contributed by atoms with Gasteiger partial charge in [-0.1, -0.05) is 12.1 Å². The second kappa shape index (κ2) is 6.58. The van der Waals surface area contributed by atoms with Crippen molar-refractivity contribution in [2.75, 3.05) is 31.3 Å². The maximum Gasteiger partial charge on any atom is 0.146 e. The van der Waals surface area contributed by atoms with Crippen LogP contribution in [0.1, 0.15) is 5.56 Å². The number of benzene rings is 1. The second-order valence-electron chi connectivity index (χ2n) is 4.06. The predicted octanol–water partition coefficient (Wildman–Crippen LogP) is 2.18. The average Bonchev–Trinajstić information content (AvgIpc) is 2.48. The number of rotatable bonds is 6. The van der Waals surface area contributed by atoms with Crippen molar-refractivity contribution in [2.24, 2.45) is 0 Å². The number of ether oxygens (including phenoxy) is 1. The molecule has 1 aromatic carbocycles. The highest BCUT2D eigenvalue weighted by molar-refractivity contribution is 5.41. The molecule has 0 atom stereocenters. The average molecular weight is 258 g/mol. The van der Waals surface area contributed by atoms with Crippen LogP contribution in [0, 0.1) is 0 Å². The van der Waals surface area contributed by atoms with Crippen molar-refractivity contribution in [3.63, 3.8) is 0 Å². The Morgan fingerprint density at radius 3 is 2.53 bits per heavy atom. The lowest BCUT2D eigenvalue weighted by Gasteiger charge is -2.07. The number of aromatic nitrogens is 2. The Morgan fingerprint density at radius 2 is 1.84 bits per heavy atom. The predicted molar refractivity (Wildman–Crippen MR) is 76.8 cm³/mol. The van der Waals surface area contributed by atoms with Crippen molar-refractivity contribution >= 4 is 11.6 Å². The summed E-state index contributed by atoms with van der Waals surface area (Å²) in [5, 5.41) is 6.21. The maximum atomic E-state index is 5.13. The summed E-state index contributed by atoms with van der Waals surface area (Å²) in [5.74, 6) is 2.42. The molecular weight excluding hydrogens is 240 g/mol. The molecule has 0 radical (unpaired) electrons. The van der Waals surface area contributed by atoms with Gasteiger partial charge in [0.15, 0.2) is 0 Å². The monoisotopic (exact) mass is 258 g/mol. The molecule has 0 aliphatic rings. The van der Waals surface area contributed by atoms with Crippen molar-refractivity contribution in [1.82, 2.24) is 9.97 Å². The van der Waals surface area contributed by atoms with Gasteiger partial charge in [0.25, 0.3) is 0 Å². The third kappa shape index (κ3) is 3.84. The summed E-state index contributed by atoms with van der Waals surface area (Å²) in [4.78, 5) is 8.44. The molecule has 5 heteroatoms. The largest absolute Gasteiger partial charge is 0.497 e. The highest BCUT2D eigenvalue weighted by Crippen LogP contribution is 2.12. The summed E-state index contributed by atoms with van der Waals surface area (Å²) >= 11 is 0. The molecule has 0 fully saturated rings. The molecule has 0 aliphatic heterocycles. The quantitative estimate of drug-likeness (QED) is 0.831. The van der Waals surface area contributed by atoms with E-state index in [4.69, 9.17) is 4.74 Å². The van der Waals surface area contributed by atoms with E-state index in [2.05, 4.69) is 32.7 Å². The van der Waals surface area contributed by atoms with E-state index >= 15 is 0 Å². The molecule has 0 saturated carbocycles. The fourth-order valence-electron chi connectivity index (χ4n) is 1.70. The fraction of sp³-hybridized carbons (Fsp3) is 0.286. The van der Waals surface area contributed by atoms with Crippen LogP contribution in [0.25, 0.3) is 0 Å². The summed E-state index contributed by atoms with van der Waals surface area (Å²) in [6.07, 6.45) is 4.33. The molecule has 19 heavy (non-hydrogen) atoms. The molecule has 0 saturated heterocycles. The van der Waals surface area contributed by atoms with Crippen LogP contribution in [0.3, 0.4) is 0 Å². The van der Waals surface area contributed by atoms with Gasteiger partial charge in [-0.2, -0.15) is 0 Å². The molecule has 1 heterocycles. The molecule has 2 aromatic rings. The SMILES string of the molecule is CNc1cncc(NCCc2ccc(OC)cc2)n1. The maximum absolute atomic E-state index is 5.13. The van der Waals surface area contributed by atoms with Gasteiger partial charge in [0, 0.05) is 13.6 Å². The molecule has 0 aliphatic carbocycles. The minimum Gasteiger partial charge on any atom is -0.497 e. The Balaban J connectivity index is 1.85. The molecule has 100 valence electrons. The summed E-state index contributed by atoms with van der Waals surface area (Å²) in [6, 6.07) is 8.07. The van der Waals surface area contributed by atoms with Gasteiger partial charge >= 0.3 is 0 Å². The van der Waals surface area contributed by atoms with Crippen LogP contribution in [0.15, 0.2) is 36.7 Å². The van der Waals surface area contributed by atoms with E-state index in [1.807, 2.05) is 19.2 Å². The lowest BCUT2D eigenvalue weighted by Crippen LogP contribution is -2.07. The van der Waals surface area contributed by atoms with Crippen LogP contribution in [-0.4, -0.2) is 30.7 Å². The summed E-state index contributed by atoms with van der Waals surface area (Å²) in [7, 11) is 3.50.